The fraction of sp³-hybridized carbons (Fsp3) is 0.409. The van der Waals surface area contributed by atoms with E-state index in [4.69, 9.17) is 4.74 Å². The van der Waals surface area contributed by atoms with Crippen molar-refractivity contribution in [3.8, 4) is 0 Å². The minimum atomic E-state index is -0.540. The molecule has 3 rings (SSSR count). The SMILES string of the molecule is CN(C)C(C=O)(Cc1ccccc1)Cc1ccc(N2CCOCC2)cc1. The van der Waals surface area contributed by atoms with E-state index in [0.717, 1.165) is 32.6 Å². The number of carbonyl (C=O) groups excluding carboxylic acids is 1. The first-order valence-corrected chi connectivity index (χ1v) is 9.22. The van der Waals surface area contributed by atoms with Gasteiger partial charge in [0.2, 0.25) is 0 Å². The number of aldehydes is 1. The van der Waals surface area contributed by atoms with Gasteiger partial charge < -0.3 is 14.4 Å². The Morgan fingerprint density at radius 2 is 1.54 bits per heavy atom. The Balaban J connectivity index is 1.77. The molecule has 0 aliphatic carbocycles. The zero-order chi connectivity index (χ0) is 18.4. The number of anilines is 1. The van der Waals surface area contributed by atoms with Crippen LogP contribution in [0.1, 0.15) is 11.1 Å². The van der Waals surface area contributed by atoms with E-state index in [-0.39, 0.29) is 0 Å². The van der Waals surface area contributed by atoms with Crippen molar-refractivity contribution in [1.29, 1.82) is 0 Å². The third-order valence-corrected chi connectivity index (χ3v) is 5.29. The lowest BCUT2D eigenvalue weighted by Gasteiger charge is -2.35. The fourth-order valence-electron chi connectivity index (χ4n) is 3.52. The molecule has 0 amide bonds. The maximum atomic E-state index is 12.1. The Hall–Kier alpha value is -2.17. The van der Waals surface area contributed by atoms with Crippen molar-refractivity contribution in [2.45, 2.75) is 18.4 Å². The van der Waals surface area contributed by atoms with Gasteiger partial charge in [-0.2, -0.15) is 0 Å². The lowest BCUT2D eigenvalue weighted by atomic mass is 9.84. The number of benzene rings is 2. The summed E-state index contributed by atoms with van der Waals surface area (Å²) in [6.45, 7) is 3.44. The zero-order valence-corrected chi connectivity index (χ0v) is 15.7. The van der Waals surface area contributed by atoms with Crippen LogP contribution in [0, 0.1) is 0 Å². The quantitative estimate of drug-likeness (QED) is 0.718. The van der Waals surface area contributed by atoms with Crippen LogP contribution in [0.5, 0.6) is 0 Å². The summed E-state index contributed by atoms with van der Waals surface area (Å²) in [6, 6.07) is 18.9. The van der Waals surface area contributed by atoms with Crippen molar-refractivity contribution in [2.24, 2.45) is 0 Å². The summed E-state index contributed by atoms with van der Waals surface area (Å²) >= 11 is 0. The number of nitrogens with zero attached hydrogens (tertiary/aromatic N) is 2. The summed E-state index contributed by atoms with van der Waals surface area (Å²) < 4.78 is 5.42. The molecule has 1 saturated heterocycles. The summed E-state index contributed by atoms with van der Waals surface area (Å²) in [5.41, 5.74) is 3.04. The highest BCUT2D eigenvalue weighted by molar-refractivity contribution is 5.66. The maximum absolute atomic E-state index is 12.1. The van der Waals surface area contributed by atoms with Crippen LogP contribution in [0.2, 0.25) is 0 Å². The third kappa shape index (κ3) is 4.32. The van der Waals surface area contributed by atoms with E-state index in [2.05, 4.69) is 41.3 Å². The molecule has 0 spiro atoms. The van der Waals surface area contributed by atoms with Crippen LogP contribution in [0.3, 0.4) is 0 Å². The van der Waals surface area contributed by atoms with Crippen LogP contribution in [-0.2, 0) is 22.4 Å². The highest BCUT2D eigenvalue weighted by Gasteiger charge is 2.33. The smallest absolute Gasteiger partial charge is 0.140 e. The largest absolute Gasteiger partial charge is 0.378 e. The molecule has 4 heteroatoms. The molecule has 2 aromatic rings. The number of ether oxygens (including phenoxy) is 1. The molecule has 4 nitrogen and oxygen atoms in total. The van der Waals surface area contributed by atoms with Crippen LogP contribution in [0.4, 0.5) is 5.69 Å². The van der Waals surface area contributed by atoms with Crippen molar-refractivity contribution in [1.82, 2.24) is 4.90 Å². The van der Waals surface area contributed by atoms with Gasteiger partial charge in [0.05, 0.1) is 18.8 Å². The predicted octanol–water partition coefficient (Wildman–Crippen LogP) is 2.81. The molecule has 1 heterocycles. The standard InChI is InChI=1S/C22H28N2O2/c1-23(2)22(18-25,16-19-6-4-3-5-7-19)17-20-8-10-21(11-9-20)24-12-14-26-15-13-24/h3-11,18H,12-17H2,1-2H3. The van der Waals surface area contributed by atoms with E-state index in [0.29, 0.717) is 12.8 Å². The second kappa shape index (κ2) is 8.47. The van der Waals surface area contributed by atoms with Crippen LogP contribution < -0.4 is 4.90 Å². The van der Waals surface area contributed by atoms with Crippen molar-refractivity contribution >= 4 is 12.0 Å². The van der Waals surface area contributed by atoms with Gasteiger partial charge in [-0.05, 0) is 50.2 Å². The van der Waals surface area contributed by atoms with Gasteiger partial charge in [-0.25, -0.2) is 0 Å². The van der Waals surface area contributed by atoms with E-state index in [1.54, 1.807) is 0 Å². The minimum Gasteiger partial charge on any atom is -0.378 e. The Kier molecular flexibility index (Phi) is 6.07. The van der Waals surface area contributed by atoms with Crippen LogP contribution in [-0.4, -0.2) is 57.1 Å². The molecule has 0 aromatic heterocycles. The molecule has 2 aromatic carbocycles. The molecule has 1 fully saturated rings. The molecular formula is C22H28N2O2. The number of morpholine rings is 1. The van der Waals surface area contributed by atoms with E-state index in [1.807, 2.05) is 37.2 Å². The molecule has 1 aliphatic rings. The summed E-state index contributed by atoms with van der Waals surface area (Å²) in [5.74, 6) is 0. The normalized spacial score (nSPS) is 17.1. The van der Waals surface area contributed by atoms with Crippen LogP contribution in [0.25, 0.3) is 0 Å². The van der Waals surface area contributed by atoms with Gasteiger partial charge in [-0.1, -0.05) is 42.5 Å². The summed E-state index contributed by atoms with van der Waals surface area (Å²) in [7, 11) is 3.97. The summed E-state index contributed by atoms with van der Waals surface area (Å²) in [4.78, 5) is 16.5. The number of rotatable bonds is 7. The van der Waals surface area contributed by atoms with E-state index >= 15 is 0 Å². The highest BCUT2D eigenvalue weighted by Crippen LogP contribution is 2.24. The van der Waals surface area contributed by atoms with Gasteiger partial charge in [-0.3, -0.25) is 4.90 Å². The van der Waals surface area contributed by atoms with E-state index in [1.165, 1.54) is 16.8 Å². The zero-order valence-electron chi connectivity index (χ0n) is 15.7. The van der Waals surface area contributed by atoms with Crippen molar-refractivity contribution in [3.05, 3.63) is 65.7 Å². The first kappa shape index (κ1) is 18.6. The van der Waals surface area contributed by atoms with Crippen molar-refractivity contribution in [2.75, 3.05) is 45.3 Å². The fourth-order valence-corrected chi connectivity index (χ4v) is 3.52. The summed E-state index contributed by atoms with van der Waals surface area (Å²) in [5, 5.41) is 0. The molecule has 0 radical (unpaired) electrons. The number of likely N-dealkylation sites (N-methyl/N-ethyl adjacent to an activating group) is 1. The predicted molar refractivity (Wildman–Crippen MR) is 106 cm³/mol. The topological polar surface area (TPSA) is 32.8 Å². The lowest BCUT2D eigenvalue weighted by molar-refractivity contribution is -0.117. The first-order valence-electron chi connectivity index (χ1n) is 9.22. The molecule has 1 atom stereocenters. The average molecular weight is 352 g/mol. The number of hydrogen-bond donors (Lipinski definition) is 0. The molecule has 26 heavy (non-hydrogen) atoms. The maximum Gasteiger partial charge on any atom is 0.140 e. The minimum absolute atomic E-state index is 0.540. The Morgan fingerprint density at radius 3 is 2.08 bits per heavy atom. The Labute approximate surface area is 156 Å². The van der Waals surface area contributed by atoms with Crippen LogP contribution in [0.15, 0.2) is 54.6 Å². The molecule has 138 valence electrons. The first-order chi connectivity index (χ1) is 12.6. The molecule has 0 saturated carbocycles. The second-order valence-electron chi connectivity index (χ2n) is 7.22. The van der Waals surface area contributed by atoms with Gasteiger partial charge in [0.15, 0.2) is 0 Å². The molecular weight excluding hydrogens is 324 g/mol. The van der Waals surface area contributed by atoms with E-state index in [9.17, 15) is 4.79 Å². The van der Waals surface area contributed by atoms with Gasteiger partial charge in [0.25, 0.3) is 0 Å². The molecule has 0 bridgehead atoms. The number of hydrogen-bond acceptors (Lipinski definition) is 4. The number of carbonyl (C=O) groups is 1. The molecule has 1 unspecified atom stereocenters. The van der Waals surface area contributed by atoms with Gasteiger partial charge >= 0.3 is 0 Å². The highest BCUT2D eigenvalue weighted by atomic mass is 16.5. The summed E-state index contributed by atoms with van der Waals surface area (Å²) in [6.07, 6.45) is 2.51. The van der Waals surface area contributed by atoms with Gasteiger partial charge in [0.1, 0.15) is 6.29 Å². The second-order valence-corrected chi connectivity index (χ2v) is 7.22. The average Bonchev–Trinajstić information content (AvgIpc) is 2.69. The van der Waals surface area contributed by atoms with Gasteiger partial charge in [0, 0.05) is 18.8 Å². The monoisotopic (exact) mass is 352 g/mol. The third-order valence-electron chi connectivity index (χ3n) is 5.29. The van der Waals surface area contributed by atoms with Crippen molar-refractivity contribution < 1.29 is 9.53 Å². The Morgan fingerprint density at radius 1 is 0.962 bits per heavy atom. The Bertz CT molecular complexity index is 694. The van der Waals surface area contributed by atoms with E-state index < -0.39 is 5.54 Å². The van der Waals surface area contributed by atoms with Gasteiger partial charge in [-0.15, -0.1) is 0 Å². The van der Waals surface area contributed by atoms with Crippen molar-refractivity contribution in [3.63, 3.8) is 0 Å². The molecule has 1 aliphatic heterocycles. The van der Waals surface area contributed by atoms with Crippen LogP contribution >= 0.6 is 0 Å². The lowest BCUT2D eigenvalue weighted by Crippen LogP contribution is -2.49. The molecule has 0 N–H and O–H groups in total.